The van der Waals surface area contributed by atoms with Gasteiger partial charge in [-0.2, -0.15) is 0 Å². The van der Waals surface area contributed by atoms with E-state index in [9.17, 15) is 0 Å². The summed E-state index contributed by atoms with van der Waals surface area (Å²) < 4.78 is 5.04. The van der Waals surface area contributed by atoms with Crippen molar-refractivity contribution in [1.29, 1.82) is 0 Å². The van der Waals surface area contributed by atoms with Crippen molar-refractivity contribution in [3.63, 3.8) is 0 Å². The van der Waals surface area contributed by atoms with E-state index in [-0.39, 0.29) is 17.6 Å². The van der Waals surface area contributed by atoms with Gasteiger partial charge in [0.15, 0.2) is 0 Å². The van der Waals surface area contributed by atoms with Gasteiger partial charge in [-0.25, -0.2) is 0 Å². The van der Waals surface area contributed by atoms with Gasteiger partial charge in [0.25, 0.3) is 0 Å². The maximum Gasteiger partial charge on any atom is 0.0468 e. The highest BCUT2D eigenvalue weighted by Crippen LogP contribution is 2.35. The molecule has 0 aromatic heterocycles. The number of aliphatic hydroxyl groups is 1. The van der Waals surface area contributed by atoms with Gasteiger partial charge in [0.05, 0.1) is 0 Å². The second kappa shape index (κ2) is 4.94. The van der Waals surface area contributed by atoms with E-state index in [4.69, 9.17) is 15.6 Å². The molecule has 0 aliphatic rings. The molecule has 0 aliphatic heterocycles. The van der Waals surface area contributed by atoms with Crippen molar-refractivity contribution >= 4 is 0 Å². The number of ether oxygens (including phenoxy) is 1. The molecule has 0 saturated carbocycles. The molecular formula is C10H23NO2. The van der Waals surface area contributed by atoms with E-state index >= 15 is 0 Å². The van der Waals surface area contributed by atoms with Crippen molar-refractivity contribution < 1.29 is 9.84 Å². The van der Waals surface area contributed by atoms with E-state index in [1.54, 1.807) is 7.11 Å². The lowest BCUT2D eigenvalue weighted by atomic mass is 9.69. The Balaban J connectivity index is 4.34. The van der Waals surface area contributed by atoms with Gasteiger partial charge in [0, 0.05) is 25.9 Å². The predicted molar refractivity (Wildman–Crippen MR) is 54.6 cm³/mol. The summed E-state index contributed by atoms with van der Waals surface area (Å²) in [6.45, 7) is 6.97. The van der Waals surface area contributed by atoms with Crippen molar-refractivity contribution in [2.24, 2.45) is 11.1 Å². The molecule has 1 atom stereocenters. The summed E-state index contributed by atoms with van der Waals surface area (Å²) in [6, 6.07) is 0. The van der Waals surface area contributed by atoms with Crippen LogP contribution in [-0.2, 0) is 4.74 Å². The molecule has 3 heteroatoms. The molecule has 0 spiro atoms. The number of methoxy groups -OCH3 is 1. The van der Waals surface area contributed by atoms with E-state index in [2.05, 4.69) is 6.92 Å². The molecule has 13 heavy (non-hydrogen) atoms. The van der Waals surface area contributed by atoms with Gasteiger partial charge in [-0.15, -0.1) is 0 Å². The molecular weight excluding hydrogens is 166 g/mol. The van der Waals surface area contributed by atoms with E-state index in [1.165, 1.54) is 0 Å². The number of aliphatic hydroxyl groups excluding tert-OH is 1. The molecule has 3 N–H and O–H groups in total. The fourth-order valence-electron chi connectivity index (χ4n) is 1.34. The summed E-state index contributed by atoms with van der Waals surface area (Å²) >= 11 is 0. The summed E-state index contributed by atoms with van der Waals surface area (Å²) in [5.74, 6) is 0. The Morgan fingerprint density at radius 2 is 1.77 bits per heavy atom. The largest absolute Gasteiger partial charge is 0.396 e. The minimum atomic E-state index is -0.283. The molecule has 80 valence electrons. The molecule has 0 bridgehead atoms. The lowest BCUT2D eigenvalue weighted by Gasteiger charge is -2.41. The maximum atomic E-state index is 8.97. The molecule has 1 unspecified atom stereocenters. The fourth-order valence-corrected chi connectivity index (χ4v) is 1.34. The zero-order valence-electron chi connectivity index (χ0n) is 9.26. The Bertz CT molecular complexity index is 142. The molecule has 0 amide bonds. The van der Waals surface area contributed by atoms with Crippen LogP contribution < -0.4 is 5.73 Å². The smallest absolute Gasteiger partial charge is 0.0468 e. The van der Waals surface area contributed by atoms with Crippen LogP contribution in [0.4, 0.5) is 0 Å². The van der Waals surface area contributed by atoms with Crippen LogP contribution in [0.25, 0.3) is 0 Å². The third kappa shape index (κ3) is 3.63. The SMILES string of the molecule is COCCC(C)(CCO)C(C)(C)N. The van der Waals surface area contributed by atoms with E-state index in [0.29, 0.717) is 6.61 Å². The maximum absolute atomic E-state index is 8.97. The normalized spacial score (nSPS) is 17.1. The first-order valence-corrected chi connectivity index (χ1v) is 4.76. The third-order valence-corrected chi connectivity index (χ3v) is 3.08. The first kappa shape index (κ1) is 12.9. The first-order chi connectivity index (χ1) is 5.87. The Morgan fingerprint density at radius 3 is 2.08 bits per heavy atom. The summed E-state index contributed by atoms with van der Waals surface area (Å²) in [4.78, 5) is 0. The molecule has 0 rings (SSSR count). The van der Waals surface area contributed by atoms with Crippen LogP contribution in [0.3, 0.4) is 0 Å². The molecule has 0 radical (unpaired) electrons. The highest BCUT2D eigenvalue weighted by atomic mass is 16.5. The fraction of sp³-hybridized carbons (Fsp3) is 1.00. The minimum absolute atomic E-state index is 0.0578. The average molecular weight is 189 g/mol. The highest BCUT2D eigenvalue weighted by molar-refractivity contribution is 4.93. The number of rotatable bonds is 6. The van der Waals surface area contributed by atoms with Crippen molar-refractivity contribution in [3.8, 4) is 0 Å². The second-order valence-corrected chi connectivity index (χ2v) is 4.50. The van der Waals surface area contributed by atoms with Crippen molar-refractivity contribution in [3.05, 3.63) is 0 Å². The molecule has 0 aliphatic carbocycles. The summed E-state index contributed by atoms with van der Waals surface area (Å²) in [6.07, 6.45) is 1.60. The Labute approximate surface area is 81.3 Å². The van der Waals surface area contributed by atoms with Crippen LogP contribution in [0.1, 0.15) is 33.6 Å². The molecule has 3 nitrogen and oxygen atoms in total. The van der Waals surface area contributed by atoms with Crippen LogP contribution in [0.15, 0.2) is 0 Å². The Morgan fingerprint density at radius 1 is 1.23 bits per heavy atom. The zero-order chi connectivity index (χ0) is 10.5. The van der Waals surface area contributed by atoms with E-state index in [0.717, 1.165) is 12.8 Å². The quantitative estimate of drug-likeness (QED) is 0.659. The Hall–Kier alpha value is -0.120. The standard InChI is InChI=1S/C10H23NO2/c1-9(2,11)10(3,5-7-12)6-8-13-4/h12H,5-8,11H2,1-4H3. The number of hydrogen-bond acceptors (Lipinski definition) is 3. The van der Waals surface area contributed by atoms with Gasteiger partial charge in [-0.1, -0.05) is 6.92 Å². The molecule has 0 fully saturated rings. The lowest BCUT2D eigenvalue weighted by molar-refractivity contribution is 0.0693. The van der Waals surface area contributed by atoms with Crippen LogP contribution in [0.2, 0.25) is 0 Å². The van der Waals surface area contributed by atoms with Gasteiger partial charge >= 0.3 is 0 Å². The molecule has 0 aromatic carbocycles. The van der Waals surface area contributed by atoms with Crippen LogP contribution in [-0.4, -0.2) is 31.0 Å². The van der Waals surface area contributed by atoms with Crippen molar-refractivity contribution in [2.75, 3.05) is 20.3 Å². The van der Waals surface area contributed by atoms with Crippen LogP contribution in [0, 0.1) is 5.41 Å². The topological polar surface area (TPSA) is 55.5 Å². The highest BCUT2D eigenvalue weighted by Gasteiger charge is 2.36. The van der Waals surface area contributed by atoms with Gasteiger partial charge in [0.1, 0.15) is 0 Å². The van der Waals surface area contributed by atoms with Gasteiger partial charge in [-0.05, 0) is 32.1 Å². The predicted octanol–water partition coefficient (Wildman–Crippen LogP) is 1.15. The third-order valence-electron chi connectivity index (χ3n) is 3.08. The van der Waals surface area contributed by atoms with Gasteiger partial charge in [-0.3, -0.25) is 0 Å². The summed E-state index contributed by atoms with van der Waals surface area (Å²) in [5, 5.41) is 8.97. The lowest BCUT2D eigenvalue weighted by Crippen LogP contribution is -2.50. The van der Waals surface area contributed by atoms with Gasteiger partial charge < -0.3 is 15.6 Å². The van der Waals surface area contributed by atoms with E-state index in [1.807, 2.05) is 13.8 Å². The van der Waals surface area contributed by atoms with Crippen LogP contribution >= 0.6 is 0 Å². The monoisotopic (exact) mass is 189 g/mol. The van der Waals surface area contributed by atoms with Gasteiger partial charge in [0.2, 0.25) is 0 Å². The summed E-state index contributed by atoms with van der Waals surface area (Å²) in [5.41, 5.74) is 5.73. The van der Waals surface area contributed by atoms with E-state index < -0.39 is 0 Å². The minimum Gasteiger partial charge on any atom is -0.396 e. The molecule has 0 saturated heterocycles. The summed E-state index contributed by atoms with van der Waals surface area (Å²) in [7, 11) is 1.68. The first-order valence-electron chi connectivity index (χ1n) is 4.76. The number of hydrogen-bond donors (Lipinski definition) is 2. The van der Waals surface area contributed by atoms with Crippen LogP contribution in [0.5, 0.6) is 0 Å². The molecule has 0 heterocycles. The molecule has 0 aromatic rings. The average Bonchev–Trinajstić information content (AvgIpc) is 1.99. The Kier molecular flexibility index (Phi) is 4.89. The second-order valence-electron chi connectivity index (χ2n) is 4.50. The van der Waals surface area contributed by atoms with Crippen molar-refractivity contribution in [2.45, 2.75) is 39.2 Å². The zero-order valence-corrected chi connectivity index (χ0v) is 9.26. The number of nitrogens with two attached hydrogens (primary N) is 1. The van der Waals surface area contributed by atoms with Crippen molar-refractivity contribution in [1.82, 2.24) is 0 Å².